The van der Waals surface area contributed by atoms with E-state index in [2.05, 4.69) is 20.5 Å². The van der Waals surface area contributed by atoms with Gasteiger partial charge in [0.2, 0.25) is 11.8 Å². The Morgan fingerprint density at radius 3 is 2.37 bits per heavy atom. The smallest absolute Gasteiger partial charge is 0.322 e. The summed E-state index contributed by atoms with van der Waals surface area (Å²) in [5, 5.41) is 25.1. The average Bonchev–Trinajstić information content (AvgIpc) is 2.62. The number of rotatable bonds is 16. The van der Waals surface area contributed by atoms with Crippen LogP contribution in [0.3, 0.4) is 0 Å². The number of carbonyl (C=O) groups is 4. The molecule has 0 aliphatic rings. The average molecular weight is 406 g/mol. The van der Waals surface area contributed by atoms with Crippen molar-refractivity contribution in [2.75, 3.05) is 18.8 Å². The molecule has 0 rings (SSSR count). The maximum atomic E-state index is 12.0. The number of nitrogens with one attached hydrogen (secondary N) is 3. The first-order valence-corrected chi connectivity index (χ1v) is 9.45. The van der Waals surface area contributed by atoms with Crippen LogP contribution in [0.5, 0.6) is 0 Å². The fourth-order valence-electron chi connectivity index (χ4n) is 2.08. The fourth-order valence-corrected chi connectivity index (χ4v) is 2.52. The zero-order chi connectivity index (χ0) is 20.7. The number of nitroso groups, excluding NO2 is 1. The van der Waals surface area contributed by atoms with E-state index in [1.54, 1.807) is 0 Å². The third kappa shape index (κ3) is 12.7. The largest absolute Gasteiger partial charge is 0.480 e. The Morgan fingerprint density at radius 1 is 1.11 bits per heavy atom. The van der Waals surface area contributed by atoms with Crippen LogP contribution in [0.4, 0.5) is 0 Å². The first-order chi connectivity index (χ1) is 12.8. The lowest BCUT2D eigenvalue weighted by molar-refractivity contribution is -0.140. The van der Waals surface area contributed by atoms with E-state index < -0.39 is 42.4 Å². The van der Waals surface area contributed by atoms with Gasteiger partial charge in [0.05, 0.1) is 0 Å². The second-order valence-corrected chi connectivity index (χ2v) is 6.43. The molecule has 2 amide bonds. The molecular weight excluding hydrogens is 380 g/mol. The summed E-state index contributed by atoms with van der Waals surface area (Å²) >= 11 is 0.506. The number of carbonyl (C=O) groups excluding carboxylic acids is 2. The summed E-state index contributed by atoms with van der Waals surface area (Å²) in [5.74, 6) is -3.85. The molecule has 5 N–H and O–H groups in total. The van der Waals surface area contributed by atoms with Crippen molar-refractivity contribution < 1.29 is 29.4 Å². The number of hydrogen-bond donors (Lipinski definition) is 5. The lowest BCUT2D eigenvalue weighted by Crippen LogP contribution is -2.49. The molecule has 0 aromatic carbocycles. The van der Waals surface area contributed by atoms with E-state index in [4.69, 9.17) is 5.11 Å². The van der Waals surface area contributed by atoms with Gasteiger partial charge in [-0.3, -0.25) is 19.2 Å². The minimum absolute atomic E-state index is 0.0236. The molecule has 154 valence electrons. The highest BCUT2D eigenvalue weighted by atomic mass is 32.2. The van der Waals surface area contributed by atoms with Gasteiger partial charge < -0.3 is 26.2 Å². The summed E-state index contributed by atoms with van der Waals surface area (Å²) in [6.07, 6.45) is 2.67. The van der Waals surface area contributed by atoms with Crippen molar-refractivity contribution in [3.63, 3.8) is 0 Å². The summed E-state index contributed by atoms with van der Waals surface area (Å²) in [6, 6.07) is -2.04. The summed E-state index contributed by atoms with van der Waals surface area (Å²) in [5.41, 5.74) is 0. The number of nitrogens with zero attached hydrogens (tertiary/aromatic N) is 1. The van der Waals surface area contributed by atoms with Crippen LogP contribution in [0.2, 0.25) is 0 Å². The zero-order valence-corrected chi connectivity index (χ0v) is 15.9. The van der Waals surface area contributed by atoms with E-state index in [0.29, 0.717) is 18.5 Å². The van der Waals surface area contributed by atoms with Gasteiger partial charge in [-0.15, -0.1) is 4.91 Å². The van der Waals surface area contributed by atoms with Crippen LogP contribution in [-0.2, 0) is 19.2 Å². The number of aliphatic carboxylic acids is 2. The van der Waals surface area contributed by atoms with E-state index in [1.807, 2.05) is 6.92 Å². The highest BCUT2D eigenvalue weighted by Crippen LogP contribution is 2.05. The summed E-state index contributed by atoms with van der Waals surface area (Å²) < 4.78 is 2.54. The third-order valence-corrected chi connectivity index (χ3v) is 4.08. The molecule has 12 heteroatoms. The second-order valence-electron chi connectivity index (χ2n) is 5.69. The van der Waals surface area contributed by atoms with Gasteiger partial charge in [-0.25, -0.2) is 0 Å². The number of carboxylic acids is 2. The lowest BCUT2D eigenvalue weighted by Gasteiger charge is -2.18. The Bertz CT molecular complexity index is 518. The van der Waals surface area contributed by atoms with Crippen LogP contribution in [0.15, 0.2) is 4.58 Å². The topological polar surface area (TPSA) is 174 Å². The van der Waals surface area contributed by atoms with Crippen LogP contribution in [-0.4, -0.2) is 64.9 Å². The molecule has 0 saturated carbocycles. The van der Waals surface area contributed by atoms with Crippen LogP contribution >= 0.6 is 11.9 Å². The van der Waals surface area contributed by atoms with Crippen molar-refractivity contribution in [2.24, 2.45) is 4.58 Å². The number of carboxylic acid groups (broad SMARTS) is 2. The van der Waals surface area contributed by atoms with Crippen molar-refractivity contribution in [1.29, 1.82) is 0 Å². The van der Waals surface area contributed by atoms with Crippen molar-refractivity contribution in [3.8, 4) is 0 Å². The summed E-state index contributed by atoms with van der Waals surface area (Å²) in [4.78, 5) is 55.8. The quantitative estimate of drug-likeness (QED) is 0.135. The Labute approximate surface area is 161 Å². The predicted octanol–water partition coefficient (Wildman–Crippen LogP) is 0.0998. The number of amides is 2. The molecule has 11 nitrogen and oxygen atoms in total. The standard InChI is InChI=1S/C15H26N4O7S/c1-2-3-4-7-16-10(15(24)25)5-6-12(20)18-11(9-27-19-26)14(23)17-8-13(21)22/h10-11,16H,2-9H2,1H3,(H,17,23)(H,18,20)(H,21,22)(H,24,25)/t10-,11-/m0/s1. The SMILES string of the molecule is CCCCCN[C@@H](CCC(=O)N[C@@H](CSN=O)C(=O)NCC(=O)O)C(=O)O. The normalized spacial score (nSPS) is 12.6. The molecule has 0 bridgehead atoms. The Morgan fingerprint density at radius 2 is 1.81 bits per heavy atom. The van der Waals surface area contributed by atoms with Crippen molar-refractivity contribution >= 4 is 35.7 Å². The van der Waals surface area contributed by atoms with Gasteiger partial charge in [0, 0.05) is 28.7 Å². The molecule has 0 spiro atoms. The van der Waals surface area contributed by atoms with Crippen molar-refractivity contribution in [3.05, 3.63) is 4.91 Å². The molecule has 0 heterocycles. The molecule has 2 atom stereocenters. The zero-order valence-electron chi connectivity index (χ0n) is 15.1. The van der Waals surface area contributed by atoms with Gasteiger partial charge in [0.1, 0.15) is 18.6 Å². The molecule has 0 aromatic rings. The van der Waals surface area contributed by atoms with Gasteiger partial charge in [-0.05, 0) is 19.4 Å². The van der Waals surface area contributed by atoms with E-state index in [-0.39, 0.29) is 18.6 Å². The second kappa shape index (κ2) is 14.9. The summed E-state index contributed by atoms with van der Waals surface area (Å²) in [7, 11) is 0. The minimum atomic E-state index is -1.26. The molecule has 0 fully saturated rings. The molecule has 0 unspecified atom stereocenters. The van der Waals surface area contributed by atoms with E-state index >= 15 is 0 Å². The molecule has 0 radical (unpaired) electrons. The molecule has 0 aromatic heterocycles. The molecule has 0 aliphatic heterocycles. The van der Waals surface area contributed by atoms with Crippen LogP contribution in [0.1, 0.15) is 39.0 Å². The molecule has 27 heavy (non-hydrogen) atoms. The number of unbranched alkanes of at least 4 members (excludes halogenated alkanes) is 2. The van der Waals surface area contributed by atoms with Gasteiger partial charge >= 0.3 is 11.9 Å². The maximum absolute atomic E-state index is 12.0. The highest BCUT2D eigenvalue weighted by molar-refractivity contribution is 7.97. The van der Waals surface area contributed by atoms with Gasteiger partial charge in [-0.2, -0.15) is 0 Å². The Kier molecular flexibility index (Phi) is 13.7. The minimum Gasteiger partial charge on any atom is -0.480 e. The first kappa shape index (κ1) is 24.8. The van der Waals surface area contributed by atoms with Crippen LogP contribution in [0, 0.1) is 4.91 Å². The Balaban J connectivity index is 4.53. The van der Waals surface area contributed by atoms with Gasteiger partial charge in [0.15, 0.2) is 0 Å². The van der Waals surface area contributed by atoms with E-state index in [9.17, 15) is 29.2 Å². The monoisotopic (exact) mass is 406 g/mol. The lowest BCUT2D eigenvalue weighted by atomic mass is 10.1. The van der Waals surface area contributed by atoms with Gasteiger partial charge in [0.25, 0.3) is 0 Å². The van der Waals surface area contributed by atoms with E-state index in [0.717, 1.165) is 19.3 Å². The van der Waals surface area contributed by atoms with E-state index in [1.165, 1.54) is 0 Å². The highest BCUT2D eigenvalue weighted by Gasteiger charge is 2.23. The maximum Gasteiger partial charge on any atom is 0.322 e. The van der Waals surface area contributed by atoms with Crippen molar-refractivity contribution in [2.45, 2.75) is 51.1 Å². The van der Waals surface area contributed by atoms with Gasteiger partial charge in [-0.1, -0.05) is 19.8 Å². The number of hydrogen-bond acceptors (Lipinski definition) is 8. The Hall–Kier alpha value is -2.21. The van der Waals surface area contributed by atoms with Crippen LogP contribution in [0.25, 0.3) is 0 Å². The molecular formula is C15H26N4O7S. The van der Waals surface area contributed by atoms with Crippen molar-refractivity contribution in [1.82, 2.24) is 16.0 Å². The predicted molar refractivity (Wildman–Crippen MR) is 99.0 cm³/mol. The first-order valence-electron chi connectivity index (χ1n) is 8.51. The fraction of sp³-hybridized carbons (Fsp3) is 0.733. The summed E-state index contributed by atoms with van der Waals surface area (Å²) in [6.45, 7) is 1.92. The molecule has 0 saturated heterocycles. The molecule has 0 aliphatic carbocycles. The third-order valence-electron chi connectivity index (χ3n) is 3.49. The van der Waals surface area contributed by atoms with Crippen LogP contribution < -0.4 is 16.0 Å².